The largest absolute Gasteiger partial charge is 0.497 e. The van der Waals surface area contributed by atoms with Gasteiger partial charge < -0.3 is 15.4 Å². The first kappa shape index (κ1) is 15.6. The van der Waals surface area contributed by atoms with Crippen molar-refractivity contribution in [1.29, 1.82) is 0 Å². The van der Waals surface area contributed by atoms with E-state index in [1.165, 1.54) is 0 Å². The number of thiocarbonyl (C=S) groups is 1. The number of ether oxygens (including phenoxy) is 1. The molecule has 0 amide bonds. The van der Waals surface area contributed by atoms with Crippen molar-refractivity contribution in [3.8, 4) is 5.75 Å². The van der Waals surface area contributed by atoms with E-state index >= 15 is 0 Å². The van der Waals surface area contributed by atoms with Gasteiger partial charge in [0.2, 0.25) is 0 Å². The van der Waals surface area contributed by atoms with E-state index in [4.69, 9.17) is 28.6 Å². The van der Waals surface area contributed by atoms with Crippen molar-refractivity contribution in [2.75, 3.05) is 12.4 Å². The molecule has 2 aromatic rings. The zero-order valence-corrected chi connectivity index (χ0v) is 13.5. The number of aryl methyl sites for hydroxylation is 1. The van der Waals surface area contributed by atoms with Crippen molar-refractivity contribution < 1.29 is 4.74 Å². The number of anilines is 1. The van der Waals surface area contributed by atoms with Crippen LogP contribution in [0.25, 0.3) is 0 Å². The highest BCUT2D eigenvalue weighted by atomic mass is 35.5. The van der Waals surface area contributed by atoms with Gasteiger partial charge in [-0.3, -0.25) is 0 Å². The van der Waals surface area contributed by atoms with Crippen LogP contribution in [-0.4, -0.2) is 12.2 Å². The van der Waals surface area contributed by atoms with Crippen LogP contribution in [0, 0.1) is 6.92 Å². The van der Waals surface area contributed by atoms with Gasteiger partial charge in [0.1, 0.15) is 5.75 Å². The van der Waals surface area contributed by atoms with Crippen LogP contribution in [0.3, 0.4) is 0 Å². The molecule has 0 atom stereocenters. The van der Waals surface area contributed by atoms with Gasteiger partial charge >= 0.3 is 0 Å². The summed E-state index contributed by atoms with van der Waals surface area (Å²) in [5.41, 5.74) is 3.10. The van der Waals surface area contributed by atoms with Gasteiger partial charge in [-0.1, -0.05) is 23.7 Å². The summed E-state index contributed by atoms with van der Waals surface area (Å²) in [6.45, 7) is 2.62. The van der Waals surface area contributed by atoms with Gasteiger partial charge in [-0.15, -0.1) is 0 Å². The maximum absolute atomic E-state index is 5.94. The van der Waals surface area contributed by atoms with Crippen molar-refractivity contribution in [3.05, 3.63) is 58.6 Å². The first-order chi connectivity index (χ1) is 10.1. The summed E-state index contributed by atoms with van der Waals surface area (Å²) in [7, 11) is 1.65. The third-order valence-corrected chi connectivity index (χ3v) is 3.51. The average molecular weight is 321 g/mol. The minimum absolute atomic E-state index is 0.572. The molecule has 0 saturated heterocycles. The number of halogens is 1. The molecule has 0 aromatic heterocycles. The zero-order valence-electron chi connectivity index (χ0n) is 11.9. The van der Waals surface area contributed by atoms with Crippen LogP contribution in [0.15, 0.2) is 42.5 Å². The van der Waals surface area contributed by atoms with Crippen LogP contribution in [0.4, 0.5) is 5.69 Å². The predicted octanol–water partition coefficient (Wildman–Crippen LogP) is 4.14. The number of methoxy groups -OCH3 is 1. The number of benzene rings is 2. The van der Waals surface area contributed by atoms with E-state index in [-0.39, 0.29) is 0 Å². The fourth-order valence-corrected chi connectivity index (χ4v) is 2.31. The Morgan fingerprint density at radius 3 is 2.76 bits per heavy atom. The molecule has 2 rings (SSSR count). The van der Waals surface area contributed by atoms with Gasteiger partial charge in [0, 0.05) is 17.3 Å². The lowest BCUT2D eigenvalue weighted by Gasteiger charge is -2.13. The lowest BCUT2D eigenvalue weighted by atomic mass is 10.2. The molecule has 0 radical (unpaired) electrons. The van der Waals surface area contributed by atoms with Crippen LogP contribution < -0.4 is 15.4 Å². The maximum atomic E-state index is 5.94. The summed E-state index contributed by atoms with van der Waals surface area (Å²) >= 11 is 11.2. The third-order valence-electron chi connectivity index (χ3n) is 3.02. The molecule has 0 spiro atoms. The Bertz CT molecular complexity index is 646. The predicted molar refractivity (Wildman–Crippen MR) is 92.2 cm³/mol. The Morgan fingerprint density at radius 2 is 2.05 bits per heavy atom. The van der Waals surface area contributed by atoms with Crippen LogP contribution in [-0.2, 0) is 6.54 Å². The van der Waals surface area contributed by atoms with Gasteiger partial charge in [-0.05, 0) is 60.6 Å². The molecular formula is C16H17ClN2OS. The van der Waals surface area contributed by atoms with Crippen molar-refractivity contribution in [1.82, 2.24) is 5.32 Å². The molecule has 110 valence electrons. The molecule has 0 aliphatic heterocycles. The van der Waals surface area contributed by atoms with E-state index in [1.54, 1.807) is 7.11 Å². The fourth-order valence-electron chi connectivity index (χ4n) is 1.90. The molecule has 0 heterocycles. The number of hydrogen-bond donors (Lipinski definition) is 2. The van der Waals surface area contributed by atoms with Crippen molar-refractivity contribution in [2.45, 2.75) is 13.5 Å². The summed E-state index contributed by atoms with van der Waals surface area (Å²) in [5.74, 6) is 0.835. The number of nitrogens with one attached hydrogen (secondary N) is 2. The van der Waals surface area contributed by atoms with Crippen LogP contribution in [0.5, 0.6) is 5.75 Å². The van der Waals surface area contributed by atoms with Gasteiger partial charge in [-0.25, -0.2) is 0 Å². The molecule has 0 bridgehead atoms. The first-order valence-corrected chi connectivity index (χ1v) is 7.31. The average Bonchev–Trinajstić information content (AvgIpc) is 2.48. The summed E-state index contributed by atoms with van der Waals surface area (Å²) in [4.78, 5) is 0. The van der Waals surface area contributed by atoms with Gasteiger partial charge in [-0.2, -0.15) is 0 Å². The second-order valence-electron chi connectivity index (χ2n) is 4.62. The summed E-state index contributed by atoms with van der Waals surface area (Å²) in [5, 5.41) is 7.63. The Labute approximate surface area is 135 Å². The van der Waals surface area contributed by atoms with Crippen molar-refractivity contribution in [2.24, 2.45) is 0 Å². The van der Waals surface area contributed by atoms with Crippen LogP contribution >= 0.6 is 23.8 Å². The molecule has 0 aliphatic rings. The minimum atomic E-state index is 0.572. The van der Waals surface area contributed by atoms with Crippen LogP contribution in [0.1, 0.15) is 11.1 Å². The molecule has 5 heteroatoms. The molecule has 0 aliphatic carbocycles. The lowest BCUT2D eigenvalue weighted by Crippen LogP contribution is -2.28. The normalized spacial score (nSPS) is 10.0. The Morgan fingerprint density at radius 1 is 1.24 bits per heavy atom. The van der Waals surface area contributed by atoms with Gasteiger partial charge in [0.05, 0.1) is 7.11 Å². The number of hydrogen-bond acceptors (Lipinski definition) is 2. The van der Waals surface area contributed by atoms with E-state index in [0.29, 0.717) is 16.7 Å². The fraction of sp³-hybridized carbons (Fsp3) is 0.188. The van der Waals surface area contributed by atoms with E-state index in [9.17, 15) is 0 Å². The standard InChI is InChI=1S/C16H17ClN2OS/c1-11-8-13(17)6-7-15(11)19-16(21)18-10-12-4-3-5-14(9-12)20-2/h3-9H,10H2,1-2H3,(H2,18,19,21). The highest BCUT2D eigenvalue weighted by molar-refractivity contribution is 7.80. The smallest absolute Gasteiger partial charge is 0.171 e. The van der Waals surface area contributed by atoms with E-state index in [1.807, 2.05) is 49.4 Å². The van der Waals surface area contributed by atoms with E-state index in [0.717, 1.165) is 22.6 Å². The summed E-state index contributed by atoms with van der Waals surface area (Å²) in [6, 6.07) is 13.5. The van der Waals surface area contributed by atoms with Crippen LogP contribution in [0.2, 0.25) is 5.02 Å². The van der Waals surface area contributed by atoms with Crippen molar-refractivity contribution in [3.63, 3.8) is 0 Å². The van der Waals surface area contributed by atoms with E-state index < -0.39 is 0 Å². The number of rotatable bonds is 4. The molecule has 21 heavy (non-hydrogen) atoms. The van der Waals surface area contributed by atoms with E-state index in [2.05, 4.69) is 10.6 Å². The molecule has 2 N–H and O–H groups in total. The molecule has 0 fully saturated rings. The Kier molecular flexibility index (Phi) is 5.42. The minimum Gasteiger partial charge on any atom is -0.497 e. The second kappa shape index (κ2) is 7.29. The molecule has 2 aromatic carbocycles. The molecule has 0 saturated carbocycles. The molecule has 0 unspecified atom stereocenters. The molecule has 3 nitrogen and oxygen atoms in total. The van der Waals surface area contributed by atoms with Gasteiger partial charge in [0.15, 0.2) is 5.11 Å². The summed E-state index contributed by atoms with van der Waals surface area (Å²) < 4.78 is 5.20. The molecular weight excluding hydrogens is 304 g/mol. The lowest BCUT2D eigenvalue weighted by molar-refractivity contribution is 0.414. The van der Waals surface area contributed by atoms with Crippen molar-refractivity contribution >= 4 is 34.6 Å². The second-order valence-corrected chi connectivity index (χ2v) is 5.46. The summed E-state index contributed by atoms with van der Waals surface area (Å²) in [6.07, 6.45) is 0. The van der Waals surface area contributed by atoms with Gasteiger partial charge in [0.25, 0.3) is 0 Å². The highest BCUT2D eigenvalue weighted by Gasteiger charge is 2.02. The Hall–Kier alpha value is -1.78. The third kappa shape index (κ3) is 4.62. The SMILES string of the molecule is COc1cccc(CNC(=S)Nc2ccc(Cl)cc2C)c1. The monoisotopic (exact) mass is 320 g/mol. The zero-order chi connectivity index (χ0) is 15.2. The quantitative estimate of drug-likeness (QED) is 0.829. The topological polar surface area (TPSA) is 33.3 Å². The first-order valence-electron chi connectivity index (χ1n) is 6.52. The maximum Gasteiger partial charge on any atom is 0.171 e. The highest BCUT2D eigenvalue weighted by Crippen LogP contribution is 2.19. The Balaban J connectivity index is 1.92.